The second-order valence-electron chi connectivity index (χ2n) is 10.1. The molecule has 1 aromatic carbocycles. The lowest BCUT2D eigenvalue weighted by Gasteiger charge is -2.17. The first-order valence-corrected chi connectivity index (χ1v) is 14.1. The lowest BCUT2D eigenvalue weighted by molar-refractivity contribution is -0.132. The van der Waals surface area contributed by atoms with E-state index in [1.807, 2.05) is 18.2 Å². The van der Waals surface area contributed by atoms with E-state index in [2.05, 4.69) is 25.9 Å². The Kier molecular flexibility index (Phi) is 7.23. The molecule has 210 valence electrons. The van der Waals surface area contributed by atoms with E-state index in [9.17, 15) is 18.8 Å². The van der Waals surface area contributed by atoms with Crippen molar-refractivity contribution in [3.63, 3.8) is 0 Å². The quantitative estimate of drug-likeness (QED) is 0.277. The van der Waals surface area contributed by atoms with Gasteiger partial charge in [0.05, 0.1) is 20.8 Å². The first kappa shape index (κ1) is 26.6. The number of amides is 4. The Bertz CT molecular complexity index is 1640. The number of urea groups is 1. The second kappa shape index (κ2) is 11.1. The zero-order chi connectivity index (χ0) is 28.5. The predicted molar refractivity (Wildman–Crippen MR) is 152 cm³/mol. The van der Waals surface area contributed by atoms with Crippen LogP contribution in [0.15, 0.2) is 54.9 Å². The van der Waals surface area contributed by atoms with Gasteiger partial charge < -0.3 is 25.6 Å². The molecule has 2 aliphatic rings. The number of ether oxygens (including phenoxy) is 1. The van der Waals surface area contributed by atoms with Crippen molar-refractivity contribution in [3.8, 4) is 22.1 Å². The van der Waals surface area contributed by atoms with E-state index in [0.29, 0.717) is 36.5 Å². The number of carbonyl (C=O) groups is 3. The fraction of sp³-hybridized carbons (Fsp3) is 0.276. The predicted octanol–water partition coefficient (Wildman–Crippen LogP) is 4.81. The fourth-order valence-corrected chi connectivity index (χ4v) is 5.68. The van der Waals surface area contributed by atoms with E-state index < -0.39 is 11.9 Å². The van der Waals surface area contributed by atoms with Gasteiger partial charge in [-0.05, 0) is 49.1 Å². The number of benzene rings is 1. The molecule has 1 saturated carbocycles. The molecule has 4 heterocycles. The van der Waals surface area contributed by atoms with Gasteiger partial charge in [-0.15, -0.1) is 11.3 Å². The first-order valence-electron chi connectivity index (χ1n) is 13.3. The molecule has 0 radical (unpaired) electrons. The molecule has 10 nitrogen and oxygen atoms in total. The number of likely N-dealkylation sites (tertiary alicyclic amines) is 1. The van der Waals surface area contributed by atoms with Crippen LogP contribution >= 0.6 is 11.3 Å². The van der Waals surface area contributed by atoms with E-state index in [4.69, 9.17) is 4.74 Å². The van der Waals surface area contributed by atoms with Crippen LogP contribution in [0.4, 0.5) is 14.9 Å². The number of nitrogens with zero attached hydrogens (tertiary/aromatic N) is 3. The molecule has 0 unspecified atom stereocenters. The van der Waals surface area contributed by atoms with Gasteiger partial charge >= 0.3 is 6.03 Å². The minimum atomic E-state index is -0.604. The number of aromatic nitrogens is 2. The number of hydrogen-bond donors (Lipinski definition) is 3. The average Bonchev–Trinajstić information content (AvgIpc) is 3.54. The van der Waals surface area contributed by atoms with E-state index in [1.54, 1.807) is 29.4 Å². The summed E-state index contributed by atoms with van der Waals surface area (Å²) >= 11 is 1.43. The molecular weight excluding hydrogens is 547 g/mol. The highest BCUT2D eigenvalue weighted by Crippen LogP contribution is 2.39. The first-order chi connectivity index (χ1) is 19.8. The maximum Gasteiger partial charge on any atom is 0.319 e. The van der Waals surface area contributed by atoms with Crippen LogP contribution in [0.5, 0.6) is 11.5 Å². The molecule has 3 N–H and O–H groups in total. The number of rotatable bonds is 8. The molecule has 12 heteroatoms. The van der Waals surface area contributed by atoms with Crippen LogP contribution in [0.1, 0.15) is 31.7 Å². The van der Waals surface area contributed by atoms with Crippen LogP contribution in [-0.2, 0) is 16.1 Å². The Hall–Kier alpha value is -4.58. The van der Waals surface area contributed by atoms with Crippen LogP contribution in [0.3, 0.4) is 0 Å². The summed E-state index contributed by atoms with van der Waals surface area (Å²) in [5.41, 5.74) is 2.64. The third kappa shape index (κ3) is 6.12. The van der Waals surface area contributed by atoms with Crippen LogP contribution in [0, 0.1) is 5.82 Å². The average molecular weight is 575 g/mol. The van der Waals surface area contributed by atoms with Crippen LogP contribution in [0.2, 0.25) is 0 Å². The van der Waals surface area contributed by atoms with Gasteiger partial charge in [0.1, 0.15) is 11.8 Å². The summed E-state index contributed by atoms with van der Waals surface area (Å²) in [4.78, 5) is 47.4. The van der Waals surface area contributed by atoms with Crippen molar-refractivity contribution in [1.82, 2.24) is 25.5 Å². The lowest BCUT2D eigenvalue weighted by Crippen LogP contribution is -2.40. The van der Waals surface area contributed by atoms with Crippen LogP contribution in [0.25, 0.3) is 20.8 Å². The Morgan fingerprint density at radius 2 is 1.93 bits per heavy atom. The SMILES string of the molecule is CC(=O)N[C@H]1CCN(Cc2ccc(-c3cc4nccc(Oc5ccc(NC(=O)NC6CC6)cc5F)c4s3)nc2)C1=O. The molecule has 0 spiro atoms. The number of thiophene rings is 1. The maximum absolute atomic E-state index is 14.9. The molecule has 1 aliphatic carbocycles. The number of halogens is 1. The van der Waals surface area contributed by atoms with Gasteiger partial charge in [0.15, 0.2) is 11.6 Å². The van der Waals surface area contributed by atoms with Crippen molar-refractivity contribution in [2.45, 2.75) is 44.8 Å². The Labute approximate surface area is 238 Å². The minimum Gasteiger partial charge on any atom is -0.453 e. The highest BCUT2D eigenvalue weighted by atomic mass is 32.1. The monoisotopic (exact) mass is 574 g/mol. The number of anilines is 1. The van der Waals surface area contributed by atoms with Gasteiger partial charge in [0.25, 0.3) is 0 Å². The maximum atomic E-state index is 14.9. The number of carbonyl (C=O) groups excluding carboxylic acids is 3. The van der Waals surface area contributed by atoms with Crippen LogP contribution < -0.4 is 20.7 Å². The van der Waals surface area contributed by atoms with E-state index in [-0.39, 0.29) is 29.6 Å². The topological polar surface area (TPSA) is 126 Å². The van der Waals surface area contributed by atoms with Crippen molar-refractivity contribution in [2.75, 3.05) is 11.9 Å². The minimum absolute atomic E-state index is 0.0280. The highest BCUT2D eigenvalue weighted by molar-refractivity contribution is 7.22. The summed E-state index contributed by atoms with van der Waals surface area (Å²) in [6, 6.07) is 11.1. The van der Waals surface area contributed by atoms with Crippen LogP contribution in [-0.4, -0.2) is 51.3 Å². The molecular formula is C29H27FN6O4S. The number of hydrogen-bond acceptors (Lipinski definition) is 7. The van der Waals surface area contributed by atoms with Gasteiger partial charge in [-0.3, -0.25) is 19.6 Å². The summed E-state index contributed by atoms with van der Waals surface area (Å²) in [7, 11) is 0. The van der Waals surface area contributed by atoms with E-state index in [1.165, 1.54) is 30.4 Å². The molecule has 4 aromatic rings. The molecule has 0 bridgehead atoms. The summed E-state index contributed by atoms with van der Waals surface area (Å²) < 4.78 is 21.5. The van der Waals surface area contributed by atoms with E-state index in [0.717, 1.165) is 33.7 Å². The lowest BCUT2D eigenvalue weighted by atomic mass is 10.2. The van der Waals surface area contributed by atoms with Gasteiger partial charge in [-0.1, -0.05) is 6.07 Å². The largest absolute Gasteiger partial charge is 0.453 e. The normalized spacial score (nSPS) is 16.6. The third-order valence-electron chi connectivity index (χ3n) is 6.82. The van der Waals surface area contributed by atoms with Gasteiger partial charge in [-0.25, -0.2) is 9.18 Å². The third-order valence-corrected chi connectivity index (χ3v) is 7.98. The fourth-order valence-electron chi connectivity index (χ4n) is 4.64. The van der Waals surface area contributed by atoms with Gasteiger partial charge in [-0.2, -0.15) is 0 Å². The summed E-state index contributed by atoms with van der Waals surface area (Å²) in [5.74, 6) is -0.426. The Morgan fingerprint density at radius 1 is 1.07 bits per heavy atom. The summed E-state index contributed by atoms with van der Waals surface area (Å²) in [6.45, 7) is 2.40. The van der Waals surface area contributed by atoms with Crippen molar-refractivity contribution in [3.05, 3.63) is 66.2 Å². The smallest absolute Gasteiger partial charge is 0.319 e. The van der Waals surface area contributed by atoms with Crippen molar-refractivity contribution in [2.24, 2.45) is 0 Å². The molecule has 4 amide bonds. The molecule has 41 heavy (non-hydrogen) atoms. The summed E-state index contributed by atoms with van der Waals surface area (Å²) in [6.07, 6.45) is 5.85. The molecule has 6 rings (SSSR count). The highest BCUT2D eigenvalue weighted by Gasteiger charge is 2.32. The Morgan fingerprint density at radius 3 is 2.66 bits per heavy atom. The second-order valence-corrected chi connectivity index (χ2v) is 11.2. The number of fused-ring (bicyclic) bond motifs is 1. The van der Waals surface area contributed by atoms with E-state index >= 15 is 0 Å². The summed E-state index contributed by atoms with van der Waals surface area (Å²) in [5, 5.41) is 8.12. The zero-order valence-corrected chi connectivity index (χ0v) is 23.0. The molecule has 3 aromatic heterocycles. The Balaban J connectivity index is 1.14. The van der Waals surface area contributed by atoms with Crippen molar-refractivity contribution >= 4 is 45.1 Å². The molecule has 1 atom stereocenters. The zero-order valence-electron chi connectivity index (χ0n) is 22.1. The number of nitrogens with one attached hydrogen (secondary N) is 3. The standard InChI is InChI=1S/C29H27FN6O4S/c1-16(37)33-22-9-11-36(28(22)38)15-17-2-6-21(32-14-17)26-13-23-27(41-26)25(8-10-31-23)40-24-7-5-19(12-20(24)30)35-29(39)34-18-3-4-18/h2,5-8,10,12-14,18,22H,3-4,9,11,15H2,1H3,(H,33,37)(H2,34,35,39)/t22-/m0/s1. The molecule has 2 fully saturated rings. The van der Waals surface area contributed by atoms with Crippen molar-refractivity contribution < 1.29 is 23.5 Å². The van der Waals surface area contributed by atoms with Crippen molar-refractivity contribution in [1.29, 1.82) is 0 Å². The molecule has 1 saturated heterocycles. The van der Waals surface area contributed by atoms with Gasteiger partial charge in [0.2, 0.25) is 11.8 Å². The number of pyridine rings is 2. The molecule has 1 aliphatic heterocycles. The van der Waals surface area contributed by atoms with Gasteiger partial charge in [0, 0.05) is 56.3 Å².